The second kappa shape index (κ2) is 7.34. The largest absolute Gasteiger partial charge is 0.496 e. The van der Waals surface area contributed by atoms with Crippen LogP contribution in [0.25, 0.3) is 10.9 Å². The van der Waals surface area contributed by atoms with E-state index in [0.717, 1.165) is 28.9 Å². The number of methoxy groups -OCH3 is 1. The van der Waals surface area contributed by atoms with Crippen LogP contribution in [0, 0.1) is 0 Å². The summed E-state index contributed by atoms with van der Waals surface area (Å²) in [7, 11) is 1.66. The Labute approximate surface area is 185 Å². The summed E-state index contributed by atoms with van der Waals surface area (Å²) in [5, 5.41) is 1.21. The number of hydrogen-bond donors (Lipinski definition) is 1. The van der Waals surface area contributed by atoms with Gasteiger partial charge in [0.25, 0.3) is 5.91 Å². The third-order valence-electron chi connectivity index (χ3n) is 6.35. The molecule has 2 aliphatic heterocycles. The number of benzene rings is 3. The van der Waals surface area contributed by atoms with E-state index in [0.29, 0.717) is 23.6 Å². The van der Waals surface area contributed by atoms with Gasteiger partial charge in [0.15, 0.2) is 11.5 Å². The van der Waals surface area contributed by atoms with Gasteiger partial charge in [-0.3, -0.25) is 4.79 Å². The predicted molar refractivity (Wildman–Crippen MR) is 120 cm³/mol. The van der Waals surface area contributed by atoms with E-state index in [1.165, 1.54) is 10.9 Å². The van der Waals surface area contributed by atoms with Crippen molar-refractivity contribution in [3.8, 4) is 17.2 Å². The molecule has 3 heterocycles. The fourth-order valence-electron chi connectivity index (χ4n) is 4.87. The highest BCUT2D eigenvalue weighted by molar-refractivity contribution is 5.96. The minimum atomic E-state index is -0.291. The fraction of sp³-hybridized carbons (Fsp3) is 0.192. The van der Waals surface area contributed by atoms with Crippen molar-refractivity contribution >= 4 is 16.8 Å². The lowest BCUT2D eigenvalue weighted by Gasteiger charge is -2.37. The Morgan fingerprint density at radius 3 is 2.75 bits per heavy atom. The van der Waals surface area contributed by atoms with Gasteiger partial charge in [-0.05, 0) is 42.3 Å². The number of rotatable bonds is 3. The number of nitrogens with one attached hydrogen (secondary N) is 1. The van der Waals surface area contributed by atoms with Crippen LogP contribution in [0.4, 0.5) is 0 Å². The lowest BCUT2D eigenvalue weighted by molar-refractivity contribution is 0.0689. The highest BCUT2D eigenvalue weighted by Crippen LogP contribution is 2.42. The van der Waals surface area contributed by atoms with Gasteiger partial charge in [-0.15, -0.1) is 0 Å². The molecule has 2 aliphatic rings. The standard InChI is InChI=1S/C26H22N2O4/c1-30-21-9-5-3-7-19(21)25-24-18(17-6-2-4-8-20(17)27-24)12-13-28(25)26(29)16-10-11-22-23(14-16)32-15-31-22/h2-11,14,25,27H,12-13,15H2,1H3/t25-/m1/s1. The molecule has 1 atom stereocenters. The molecule has 0 bridgehead atoms. The lowest BCUT2D eigenvalue weighted by atomic mass is 9.91. The molecule has 0 saturated carbocycles. The van der Waals surface area contributed by atoms with Crippen molar-refractivity contribution < 1.29 is 19.0 Å². The lowest BCUT2D eigenvalue weighted by Crippen LogP contribution is -2.40. The average molecular weight is 426 g/mol. The molecule has 0 fully saturated rings. The minimum absolute atomic E-state index is 0.0523. The first-order valence-corrected chi connectivity index (χ1v) is 10.7. The number of fused-ring (bicyclic) bond motifs is 4. The van der Waals surface area contributed by atoms with E-state index in [1.807, 2.05) is 35.2 Å². The van der Waals surface area contributed by atoms with Crippen LogP contribution in [0.5, 0.6) is 17.2 Å². The number of nitrogens with zero attached hydrogens (tertiary/aromatic N) is 1. The number of H-pyrrole nitrogens is 1. The van der Waals surface area contributed by atoms with Gasteiger partial charge >= 0.3 is 0 Å². The van der Waals surface area contributed by atoms with Crippen LogP contribution in [-0.4, -0.2) is 36.2 Å². The Kier molecular flexibility index (Phi) is 4.31. The Hall–Kier alpha value is -3.93. The van der Waals surface area contributed by atoms with Crippen molar-refractivity contribution in [3.63, 3.8) is 0 Å². The van der Waals surface area contributed by atoms with E-state index in [9.17, 15) is 4.79 Å². The van der Waals surface area contributed by atoms with Gasteiger partial charge in [-0.1, -0.05) is 36.4 Å². The molecule has 0 unspecified atom stereocenters. The molecule has 32 heavy (non-hydrogen) atoms. The molecule has 0 spiro atoms. The van der Waals surface area contributed by atoms with Gasteiger partial charge < -0.3 is 24.1 Å². The normalized spacial score (nSPS) is 16.8. The number of ether oxygens (including phenoxy) is 3. The summed E-state index contributed by atoms with van der Waals surface area (Å²) in [6, 6.07) is 21.3. The molecule has 1 amide bonds. The SMILES string of the molecule is COc1ccccc1[C@@H]1c2[nH]c3ccccc3c2CCN1C(=O)c1ccc2c(c1)OCO2. The van der Waals surface area contributed by atoms with Crippen LogP contribution in [0.1, 0.15) is 33.2 Å². The number of hydrogen-bond acceptors (Lipinski definition) is 4. The topological polar surface area (TPSA) is 63.8 Å². The Balaban J connectivity index is 1.50. The highest BCUT2D eigenvalue weighted by Gasteiger charge is 2.36. The minimum Gasteiger partial charge on any atom is -0.496 e. The zero-order valence-corrected chi connectivity index (χ0v) is 17.6. The van der Waals surface area contributed by atoms with Crippen LogP contribution in [-0.2, 0) is 6.42 Å². The molecule has 0 aliphatic carbocycles. The molecule has 160 valence electrons. The number of carbonyl (C=O) groups excluding carboxylic acids is 1. The molecule has 4 aromatic rings. The molecule has 6 nitrogen and oxygen atoms in total. The second-order valence-electron chi connectivity index (χ2n) is 8.02. The summed E-state index contributed by atoms with van der Waals surface area (Å²) < 4.78 is 16.6. The number of aromatic nitrogens is 1. The molecular weight excluding hydrogens is 404 g/mol. The van der Waals surface area contributed by atoms with Crippen LogP contribution < -0.4 is 14.2 Å². The molecule has 3 aromatic carbocycles. The molecule has 6 heteroatoms. The molecule has 1 aromatic heterocycles. The van der Waals surface area contributed by atoms with E-state index in [2.05, 4.69) is 23.2 Å². The fourth-order valence-corrected chi connectivity index (χ4v) is 4.87. The van der Waals surface area contributed by atoms with Crippen LogP contribution >= 0.6 is 0 Å². The maximum Gasteiger partial charge on any atom is 0.254 e. The number of carbonyl (C=O) groups is 1. The highest BCUT2D eigenvalue weighted by atomic mass is 16.7. The van der Waals surface area contributed by atoms with Gasteiger partial charge in [-0.25, -0.2) is 0 Å². The number of para-hydroxylation sites is 2. The summed E-state index contributed by atoms with van der Waals surface area (Å²) in [6.07, 6.45) is 0.779. The van der Waals surface area contributed by atoms with E-state index >= 15 is 0 Å². The Morgan fingerprint density at radius 1 is 1.03 bits per heavy atom. The van der Waals surface area contributed by atoms with Crippen molar-refractivity contribution in [1.82, 2.24) is 9.88 Å². The van der Waals surface area contributed by atoms with Gasteiger partial charge in [0.2, 0.25) is 6.79 Å². The molecule has 0 radical (unpaired) electrons. The first-order chi connectivity index (χ1) is 15.7. The maximum atomic E-state index is 13.8. The van der Waals surface area contributed by atoms with Gasteiger partial charge in [-0.2, -0.15) is 0 Å². The zero-order chi connectivity index (χ0) is 21.7. The smallest absolute Gasteiger partial charge is 0.254 e. The van der Waals surface area contributed by atoms with Gasteiger partial charge in [0.05, 0.1) is 7.11 Å². The summed E-state index contributed by atoms with van der Waals surface area (Å²) in [6.45, 7) is 0.782. The first kappa shape index (κ1) is 18.8. The summed E-state index contributed by atoms with van der Waals surface area (Å²) >= 11 is 0. The van der Waals surface area contributed by atoms with Crippen LogP contribution in [0.15, 0.2) is 66.7 Å². The van der Waals surface area contributed by atoms with Gasteiger partial charge in [0.1, 0.15) is 11.8 Å². The van der Waals surface area contributed by atoms with E-state index < -0.39 is 0 Å². The summed E-state index contributed by atoms with van der Waals surface area (Å²) in [5.74, 6) is 1.98. The Morgan fingerprint density at radius 2 is 1.84 bits per heavy atom. The monoisotopic (exact) mass is 426 g/mol. The molecule has 0 saturated heterocycles. The van der Waals surface area contributed by atoms with E-state index in [4.69, 9.17) is 14.2 Å². The third kappa shape index (κ3) is 2.83. The Bertz CT molecular complexity index is 1340. The average Bonchev–Trinajstić information content (AvgIpc) is 3.46. The first-order valence-electron chi connectivity index (χ1n) is 10.7. The maximum absolute atomic E-state index is 13.8. The summed E-state index contributed by atoms with van der Waals surface area (Å²) in [5.41, 5.74) is 4.90. The summed E-state index contributed by atoms with van der Waals surface area (Å²) in [4.78, 5) is 19.3. The molecule has 6 rings (SSSR count). The van der Waals surface area contributed by atoms with Gasteiger partial charge in [0, 0.05) is 34.3 Å². The molecule has 1 N–H and O–H groups in total. The quantitative estimate of drug-likeness (QED) is 0.516. The third-order valence-corrected chi connectivity index (χ3v) is 6.35. The predicted octanol–water partition coefficient (Wildman–Crippen LogP) is 4.69. The number of aromatic amines is 1. The van der Waals surface area contributed by atoms with Crippen LogP contribution in [0.2, 0.25) is 0 Å². The van der Waals surface area contributed by atoms with Crippen molar-refractivity contribution in [1.29, 1.82) is 0 Å². The van der Waals surface area contributed by atoms with Crippen molar-refractivity contribution in [2.24, 2.45) is 0 Å². The van der Waals surface area contributed by atoms with E-state index in [1.54, 1.807) is 25.3 Å². The number of amides is 1. The van der Waals surface area contributed by atoms with Crippen molar-refractivity contribution in [2.45, 2.75) is 12.5 Å². The second-order valence-corrected chi connectivity index (χ2v) is 8.02. The van der Waals surface area contributed by atoms with Crippen molar-refractivity contribution in [2.75, 3.05) is 20.4 Å². The zero-order valence-electron chi connectivity index (χ0n) is 17.6. The van der Waals surface area contributed by atoms with Crippen molar-refractivity contribution in [3.05, 3.63) is 89.1 Å². The van der Waals surface area contributed by atoms with Crippen LogP contribution in [0.3, 0.4) is 0 Å². The molecular formula is C26H22N2O4. The van der Waals surface area contributed by atoms with E-state index in [-0.39, 0.29) is 18.7 Å².